The van der Waals surface area contributed by atoms with Gasteiger partial charge in [-0.25, -0.2) is 0 Å². The number of benzene rings is 2. The zero-order valence-corrected chi connectivity index (χ0v) is 11.4. The van der Waals surface area contributed by atoms with E-state index in [9.17, 15) is 0 Å². The van der Waals surface area contributed by atoms with Crippen LogP contribution in [0.15, 0.2) is 53.7 Å². The van der Waals surface area contributed by atoms with E-state index in [1.165, 1.54) is 5.56 Å². The predicted molar refractivity (Wildman–Crippen MR) is 79.1 cm³/mol. The molecule has 0 heterocycles. The van der Waals surface area contributed by atoms with Crippen molar-refractivity contribution in [2.24, 2.45) is 10.9 Å². The summed E-state index contributed by atoms with van der Waals surface area (Å²) in [7, 11) is 0. The van der Waals surface area contributed by atoms with Gasteiger partial charge in [0.05, 0.1) is 0 Å². The van der Waals surface area contributed by atoms with Gasteiger partial charge in [-0.3, -0.25) is 0 Å². The molecule has 0 unspecified atom stereocenters. The van der Waals surface area contributed by atoms with Gasteiger partial charge in [-0.1, -0.05) is 36.3 Å². The summed E-state index contributed by atoms with van der Waals surface area (Å²) >= 11 is 0. The number of rotatable bonds is 5. The van der Waals surface area contributed by atoms with Gasteiger partial charge in [0.15, 0.2) is 5.84 Å². The monoisotopic (exact) mass is 270 g/mol. The average Bonchev–Trinajstić information content (AvgIpc) is 2.53. The molecule has 2 rings (SSSR count). The predicted octanol–water partition coefficient (Wildman–Crippen LogP) is 2.92. The number of amidine groups is 1. The highest BCUT2D eigenvalue weighted by atomic mass is 16.5. The van der Waals surface area contributed by atoms with E-state index in [0.717, 1.165) is 17.7 Å². The smallest absolute Gasteiger partial charge is 0.170 e. The molecule has 0 amide bonds. The van der Waals surface area contributed by atoms with Gasteiger partial charge in [0.25, 0.3) is 0 Å². The second kappa shape index (κ2) is 6.61. The summed E-state index contributed by atoms with van der Waals surface area (Å²) < 4.78 is 5.69. The van der Waals surface area contributed by atoms with Gasteiger partial charge in [-0.2, -0.15) is 0 Å². The van der Waals surface area contributed by atoms with E-state index in [0.29, 0.717) is 12.2 Å². The molecule has 0 aromatic heterocycles. The summed E-state index contributed by atoms with van der Waals surface area (Å²) in [6.07, 6.45) is 1.04. The van der Waals surface area contributed by atoms with E-state index >= 15 is 0 Å². The molecule has 0 spiro atoms. The number of hydrogen-bond acceptors (Lipinski definition) is 3. The van der Waals surface area contributed by atoms with Crippen molar-refractivity contribution < 1.29 is 9.94 Å². The molecule has 0 aliphatic rings. The van der Waals surface area contributed by atoms with Crippen molar-refractivity contribution in [3.8, 4) is 5.75 Å². The van der Waals surface area contributed by atoms with Crippen molar-refractivity contribution in [3.63, 3.8) is 0 Å². The summed E-state index contributed by atoms with van der Waals surface area (Å²) in [5.41, 5.74) is 8.60. The molecule has 0 atom stereocenters. The second-order valence-electron chi connectivity index (χ2n) is 4.47. The van der Waals surface area contributed by atoms with Gasteiger partial charge in [-0.05, 0) is 41.8 Å². The molecular weight excluding hydrogens is 252 g/mol. The number of aryl methyl sites for hydroxylation is 1. The summed E-state index contributed by atoms with van der Waals surface area (Å²) in [6.45, 7) is 2.65. The molecule has 0 saturated carbocycles. The highest BCUT2D eigenvalue weighted by molar-refractivity contribution is 5.97. The minimum Gasteiger partial charge on any atom is -0.489 e. The van der Waals surface area contributed by atoms with E-state index in [1.807, 2.05) is 0 Å². The van der Waals surface area contributed by atoms with Crippen LogP contribution in [-0.4, -0.2) is 11.0 Å². The quantitative estimate of drug-likeness (QED) is 0.380. The fourth-order valence-corrected chi connectivity index (χ4v) is 1.82. The van der Waals surface area contributed by atoms with E-state index in [4.69, 9.17) is 15.7 Å². The molecule has 3 N–H and O–H groups in total. The maximum atomic E-state index is 8.58. The second-order valence-corrected chi connectivity index (χ2v) is 4.47. The SMILES string of the molecule is CCc1ccc(COc2ccc(C(N)=NO)cc2)cc1. The number of nitrogens with zero attached hydrogens (tertiary/aromatic N) is 1. The molecule has 4 heteroatoms. The minimum atomic E-state index is 0.0895. The van der Waals surface area contributed by atoms with Gasteiger partial charge in [-0.15, -0.1) is 0 Å². The van der Waals surface area contributed by atoms with Crippen LogP contribution in [0.3, 0.4) is 0 Å². The molecule has 0 bridgehead atoms. The topological polar surface area (TPSA) is 67.8 Å². The molecule has 4 nitrogen and oxygen atoms in total. The lowest BCUT2D eigenvalue weighted by Gasteiger charge is -2.07. The van der Waals surface area contributed by atoms with Crippen LogP contribution in [0.5, 0.6) is 5.75 Å². The third kappa shape index (κ3) is 3.51. The van der Waals surface area contributed by atoms with Crippen molar-refractivity contribution in [1.82, 2.24) is 0 Å². The zero-order chi connectivity index (χ0) is 14.4. The summed E-state index contributed by atoms with van der Waals surface area (Å²) in [6, 6.07) is 15.5. The Morgan fingerprint density at radius 1 is 1.05 bits per heavy atom. The Morgan fingerprint density at radius 2 is 1.65 bits per heavy atom. The Morgan fingerprint density at radius 3 is 2.20 bits per heavy atom. The van der Waals surface area contributed by atoms with Crippen molar-refractivity contribution in [2.75, 3.05) is 0 Å². The highest BCUT2D eigenvalue weighted by Crippen LogP contribution is 2.14. The zero-order valence-electron chi connectivity index (χ0n) is 11.4. The maximum absolute atomic E-state index is 8.58. The van der Waals surface area contributed by atoms with Crippen LogP contribution >= 0.6 is 0 Å². The first-order valence-electron chi connectivity index (χ1n) is 6.51. The van der Waals surface area contributed by atoms with Gasteiger partial charge < -0.3 is 15.7 Å². The van der Waals surface area contributed by atoms with Gasteiger partial charge in [0, 0.05) is 5.56 Å². The molecular formula is C16H18N2O2. The lowest BCUT2D eigenvalue weighted by molar-refractivity contribution is 0.306. The molecule has 0 saturated heterocycles. The fourth-order valence-electron chi connectivity index (χ4n) is 1.82. The third-order valence-electron chi connectivity index (χ3n) is 3.09. The molecule has 2 aromatic rings. The summed E-state index contributed by atoms with van der Waals surface area (Å²) in [5, 5.41) is 11.5. The van der Waals surface area contributed by atoms with Crippen molar-refractivity contribution in [2.45, 2.75) is 20.0 Å². The van der Waals surface area contributed by atoms with Crippen LogP contribution in [0.2, 0.25) is 0 Å². The summed E-state index contributed by atoms with van der Waals surface area (Å²) in [4.78, 5) is 0. The van der Waals surface area contributed by atoms with Crippen molar-refractivity contribution in [1.29, 1.82) is 0 Å². The first-order chi connectivity index (χ1) is 9.72. The van der Waals surface area contributed by atoms with E-state index < -0.39 is 0 Å². The largest absolute Gasteiger partial charge is 0.489 e. The molecule has 2 aromatic carbocycles. The molecule has 104 valence electrons. The van der Waals surface area contributed by atoms with Crippen LogP contribution in [0.4, 0.5) is 0 Å². The molecule has 20 heavy (non-hydrogen) atoms. The molecule has 0 fully saturated rings. The fraction of sp³-hybridized carbons (Fsp3) is 0.188. The molecule has 0 aliphatic heterocycles. The highest BCUT2D eigenvalue weighted by Gasteiger charge is 2.00. The van der Waals surface area contributed by atoms with E-state index in [2.05, 4.69) is 36.3 Å². The normalized spacial score (nSPS) is 11.3. The number of ether oxygens (including phenoxy) is 1. The van der Waals surface area contributed by atoms with Crippen LogP contribution in [0, 0.1) is 0 Å². The Kier molecular flexibility index (Phi) is 4.60. The third-order valence-corrected chi connectivity index (χ3v) is 3.09. The van der Waals surface area contributed by atoms with Crippen LogP contribution in [-0.2, 0) is 13.0 Å². The standard InChI is InChI=1S/C16H18N2O2/c1-2-12-3-5-13(6-4-12)11-20-15-9-7-14(8-10-15)16(17)18-19/h3-10,19H,2,11H2,1H3,(H2,17,18). The Labute approximate surface area is 118 Å². The Balaban J connectivity index is 1.96. The number of oxime groups is 1. The van der Waals surface area contributed by atoms with Gasteiger partial charge in [0.1, 0.15) is 12.4 Å². The molecule has 0 aliphatic carbocycles. The number of hydrogen-bond donors (Lipinski definition) is 2. The van der Waals surface area contributed by atoms with Gasteiger partial charge >= 0.3 is 0 Å². The minimum absolute atomic E-state index is 0.0895. The van der Waals surface area contributed by atoms with Gasteiger partial charge in [0.2, 0.25) is 0 Å². The lowest BCUT2D eigenvalue weighted by Crippen LogP contribution is -2.12. The number of nitrogens with two attached hydrogens (primary N) is 1. The van der Waals surface area contributed by atoms with Crippen LogP contribution in [0.25, 0.3) is 0 Å². The Hall–Kier alpha value is -2.49. The van der Waals surface area contributed by atoms with Crippen molar-refractivity contribution in [3.05, 3.63) is 65.2 Å². The lowest BCUT2D eigenvalue weighted by atomic mass is 10.1. The summed E-state index contributed by atoms with van der Waals surface area (Å²) in [5.74, 6) is 0.839. The average molecular weight is 270 g/mol. The first kappa shape index (κ1) is 13.9. The maximum Gasteiger partial charge on any atom is 0.170 e. The Bertz CT molecular complexity index is 574. The van der Waals surface area contributed by atoms with Crippen LogP contribution < -0.4 is 10.5 Å². The van der Waals surface area contributed by atoms with E-state index in [1.54, 1.807) is 24.3 Å². The van der Waals surface area contributed by atoms with Crippen molar-refractivity contribution >= 4 is 5.84 Å². The first-order valence-corrected chi connectivity index (χ1v) is 6.51. The van der Waals surface area contributed by atoms with E-state index in [-0.39, 0.29) is 5.84 Å². The van der Waals surface area contributed by atoms with Crippen LogP contribution in [0.1, 0.15) is 23.6 Å². The molecule has 0 radical (unpaired) electrons.